The predicted molar refractivity (Wildman–Crippen MR) is 64.6 cm³/mol. The number of hydrogen-bond acceptors (Lipinski definition) is 2. The molecular weight excluding hydrogens is 190 g/mol. The quantitative estimate of drug-likeness (QED) is 0.704. The number of hydrogen-bond donors (Lipinski definition) is 1. The molecule has 0 saturated heterocycles. The molecule has 1 N–H and O–H groups in total. The summed E-state index contributed by atoms with van der Waals surface area (Å²) in [6.45, 7) is 4.55. The highest BCUT2D eigenvalue weighted by Gasteiger charge is 2.40. The van der Waals surface area contributed by atoms with Crippen molar-refractivity contribution in [3.63, 3.8) is 0 Å². The van der Waals surface area contributed by atoms with Gasteiger partial charge in [0.25, 0.3) is 0 Å². The zero-order chi connectivity index (χ0) is 9.97. The van der Waals surface area contributed by atoms with E-state index in [0.717, 1.165) is 17.9 Å². The molecule has 2 aliphatic rings. The minimum Gasteiger partial charge on any atom is -0.303 e. The molecule has 1 nitrogen and oxygen atoms in total. The molecule has 2 rings (SSSR count). The minimum atomic E-state index is 0.711. The van der Waals surface area contributed by atoms with Crippen molar-refractivity contribution in [2.75, 3.05) is 5.75 Å². The van der Waals surface area contributed by atoms with Gasteiger partial charge in [0.15, 0.2) is 0 Å². The fourth-order valence-electron chi connectivity index (χ4n) is 2.97. The van der Waals surface area contributed by atoms with Gasteiger partial charge in [0.2, 0.25) is 0 Å². The summed E-state index contributed by atoms with van der Waals surface area (Å²) in [4.78, 5) is 0. The summed E-state index contributed by atoms with van der Waals surface area (Å²) in [7, 11) is 0. The van der Waals surface area contributed by atoms with Crippen LogP contribution >= 0.6 is 11.8 Å². The molecule has 0 heterocycles. The Morgan fingerprint density at radius 1 is 1.21 bits per heavy atom. The van der Waals surface area contributed by atoms with E-state index >= 15 is 0 Å². The number of thioether (sulfide) groups is 1. The lowest BCUT2D eigenvalue weighted by Crippen LogP contribution is -2.34. The van der Waals surface area contributed by atoms with E-state index in [9.17, 15) is 0 Å². The van der Waals surface area contributed by atoms with Crippen molar-refractivity contribution in [3.8, 4) is 0 Å². The van der Waals surface area contributed by atoms with Gasteiger partial charge in [0, 0.05) is 6.04 Å². The molecule has 0 spiro atoms. The molecular formula is C12H23NS. The average Bonchev–Trinajstić information content (AvgIpc) is 2.43. The summed E-state index contributed by atoms with van der Waals surface area (Å²) in [6, 6.07) is 0.844. The van der Waals surface area contributed by atoms with Crippen LogP contribution in [0.3, 0.4) is 0 Å². The van der Waals surface area contributed by atoms with E-state index in [1.165, 1.54) is 37.9 Å². The Kier molecular flexibility index (Phi) is 3.78. The van der Waals surface area contributed by atoms with Crippen LogP contribution in [0.5, 0.6) is 0 Å². The zero-order valence-electron chi connectivity index (χ0n) is 9.46. The second kappa shape index (κ2) is 4.89. The Hall–Kier alpha value is 0.310. The zero-order valence-corrected chi connectivity index (χ0v) is 10.3. The fraction of sp³-hybridized carbons (Fsp3) is 1.00. The van der Waals surface area contributed by atoms with Gasteiger partial charge < -0.3 is 5.32 Å². The lowest BCUT2D eigenvalue weighted by molar-refractivity contribution is 0.219. The predicted octanol–water partition coefficient (Wildman–Crippen LogP) is 3.25. The SMILES string of the molecule is CCSC(CC)NC1CC2CCC2C1. The molecule has 0 aromatic carbocycles. The maximum Gasteiger partial charge on any atom is 0.0531 e. The third-order valence-electron chi connectivity index (χ3n) is 3.91. The molecule has 3 atom stereocenters. The van der Waals surface area contributed by atoms with Gasteiger partial charge in [-0.2, -0.15) is 0 Å². The summed E-state index contributed by atoms with van der Waals surface area (Å²) in [5.41, 5.74) is 0. The molecule has 2 heteroatoms. The van der Waals surface area contributed by atoms with Gasteiger partial charge in [-0.15, -0.1) is 11.8 Å². The minimum absolute atomic E-state index is 0.711. The molecule has 0 bridgehead atoms. The Balaban J connectivity index is 1.73. The number of fused-ring (bicyclic) bond motifs is 1. The molecule has 2 saturated carbocycles. The van der Waals surface area contributed by atoms with Gasteiger partial charge in [0.05, 0.1) is 5.37 Å². The fourth-order valence-corrected chi connectivity index (χ4v) is 3.90. The summed E-state index contributed by atoms with van der Waals surface area (Å²) < 4.78 is 0. The first-order valence-electron chi connectivity index (χ1n) is 6.21. The molecule has 0 amide bonds. The van der Waals surface area contributed by atoms with E-state index < -0.39 is 0 Å². The van der Waals surface area contributed by atoms with Gasteiger partial charge in [0.1, 0.15) is 0 Å². The van der Waals surface area contributed by atoms with Gasteiger partial charge in [-0.05, 0) is 49.7 Å². The normalized spacial score (nSPS) is 37.7. The standard InChI is InChI=1S/C12H23NS/c1-3-12(14-4-2)13-11-7-9-5-6-10(9)8-11/h9-13H,3-8H2,1-2H3. The maximum atomic E-state index is 3.83. The molecule has 0 aromatic heterocycles. The molecule has 0 radical (unpaired) electrons. The van der Waals surface area contributed by atoms with Crippen molar-refractivity contribution in [3.05, 3.63) is 0 Å². The van der Waals surface area contributed by atoms with Crippen LogP contribution < -0.4 is 5.32 Å². The van der Waals surface area contributed by atoms with Crippen LogP contribution in [0.2, 0.25) is 0 Å². The van der Waals surface area contributed by atoms with E-state index in [0.29, 0.717) is 5.37 Å². The topological polar surface area (TPSA) is 12.0 Å². The van der Waals surface area contributed by atoms with E-state index in [4.69, 9.17) is 0 Å². The monoisotopic (exact) mass is 213 g/mol. The Bertz CT molecular complexity index is 171. The smallest absolute Gasteiger partial charge is 0.0531 e. The van der Waals surface area contributed by atoms with Crippen LogP contribution in [0.15, 0.2) is 0 Å². The van der Waals surface area contributed by atoms with Gasteiger partial charge in [-0.25, -0.2) is 0 Å². The number of rotatable bonds is 5. The highest BCUT2D eigenvalue weighted by atomic mass is 32.2. The summed E-state index contributed by atoms with van der Waals surface area (Å²) in [5, 5.41) is 4.54. The van der Waals surface area contributed by atoms with E-state index in [1.54, 1.807) is 0 Å². The molecule has 0 aliphatic heterocycles. The first kappa shape index (κ1) is 10.8. The van der Waals surface area contributed by atoms with Crippen molar-refractivity contribution in [2.24, 2.45) is 11.8 Å². The summed E-state index contributed by atoms with van der Waals surface area (Å²) >= 11 is 2.07. The Morgan fingerprint density at radius 2 is 1.86 bits per heavy atom. The lowest BCUT2D eigenvalue weighted by atomic mass is 9.77. The highest BCUT2D eigenvalue weighted by Crippen LogP contribution is 2.46. The lowest BCUT2D eigenvalue weighted by Gasteiger charge is -2.29. The van der Waals surface area contributed by atoms with Crippen LogP contribution in [0.25, 0.3) is 0 Å². The Morgan fingerprint density at radius 3 is 2.29 bits per heavy atom. The molecule has 2 fully saturated rings. The Labute approximate surface area is 92.4 Å². The van der Waals surface area contributed by atoms with Crippen LogP contribution in [-0.2, 0) is 0 Å². The summed E-state index contributed by atoms with van der Waals surface area (Å²) in [5.74, 6) is 3.43. The van der Waals surface area contributed by atoms with Crippen molar-refractivity contribution in [1.29, 1.82) is 0 Å². The van der Waals surface area contributed by atoms with E-state index in [1.807, 2.05) is 0 Å². The molecule has 82 valence electrons. The van der Waals surface area contributed by atoms with Crippen molar-refractivity contribution in [1.82, 2.24) is 5.32 Å². The van der Waals surface area contributed by atoms with Gasteiger partial charge >= 0.3 is 0 Å². The van der Waals surface area contributed by atoms with Crippen LogP contribution in [-0.4, -0.2) is 17.2 Å². The highest BCUT2D eigenvalue weighted by molar-refractivity contribution is 7.99. The molecule has 0 aromatic rings. The molecule has 2 aliphatic carbocycles. The van der Waals surface area contributed by atoms with Crippen molar-refractivity contribution >= 4 is 11.8 Å². The third kappa shape index (κ3) is 2.27. The van der Waals surface area contributed by atoms with Crippen LogP contribution in [0.1, 0.15) is 46.0 Å². The maximum absolute atomic E-state index is 3.83. The van der Waals surface area contributed by atoms with E-state index in [2.05, 4.69) is 30.9 Å². The molecule has 14 heavy (non-hydrogen) atoms. The van der Waals surface area contributed by atoms with Crippen molar-refractivity contribution < 1.29 is 0 Å². The third-order valence-corrected chi connectivity index (χ3v) is 5.11. The number of nitrogens with one attached hydrogen (secondary N) is 1. The van der Waals surface area contributed by atoms with Crippen molar-refractivity contribution in [2.45, 2.75) is 57.4 Å². The average molecular weight is 213 g/mol. The van der Waals surface area contributed by atoms with Crippen LogP contribution in [0.4, 0.5) is 0 Å². The van der Waals surface area contributed by atoms with E-state index in [-0.39, 0.29) is 0 Å². The first-order chi connectivity index (χ1) is 6.83. The largest absolute Gasteiger partial charge is 0.303 e. The van der Waals surface area contributed by atoms with Gasteiger partial charge in [-0.3, -0.25) is 0 Å². The second-order valence-electron chi connectivity index (χ2n) is 4.78. The summed E-state index contributed by atoms with van der Waals surface area (Å²) in [6.07, 6.45) is 7.22. The van der Waals surface area contributed by atoms with Gasteiger partial charge in [-0.1, -0.05) is 13.8 Å². The van der Waals surface area contributed by atoms with Crippen LogP contribution in [0, 0.1) is 11.8 Å². The first-order valence-corrected chi connectivity index (χ1v) is 7.26. The second-order valence-corrected chi connectivity index (χ2v) is 6.26. The molecule has 3 unspecified atom stereocenters.